The largest absolute Gasteiger partial charge is 0.472 e. The van der Waals surface area contributed by atoms with Gasteiger partial charge < -0.3 is 19.8 Å². The Labute approximate surface area is 477 Å². The van der Waals surface area contributed by atoms with Crippen molar-refractivity contribution in [3.63, 3.8) is 0 Å². The summed E-state index contributed by atoms with van der Waals surface area (Å²) in [5.41, 5.74) is 0. The number of hydrogen-bond acceptors (Lipinski definition) is 5. The third-order valence-corrected chi connectivity index (χ3v) is 15.4. The van der Waals surface area contributed by atoms with Gasteiger partial charge in [0.15, 0.2) is 0 Å². The minimum absolute atomic E-state index is 0.0743. The lowest BCUT2D eigenvalue weighted by Crippen LogP contribution is -2.46. The maximum Gasteiger partial charge on any atom is 0.472 e. The quantitative estimate of drug-likeness (QED) is 0.0243. The molecule has 0 bridgehead atoms. The first-order chi connectivity index (χ1) is 37.5. The fourth-order valence-electron chi connectivity index (χ4n) is 9.38. The van der Waals surface area contributed by atoms with Crippen LogP contribution in [-0.4, -0.2) is 73.4 Å². The highest BCUT2D eigenvalue weighted by Crippen LogP contribution is 2.43. The van der Waals surface area contributed by atoms with Crippen LogP contribution in [0.15, 0.2) is 85.1 Å². The van der Waals surface area contributed by atoms with Gasteiger partial charge in [-0.15, -0.1) is 0 Å². The van der Waals surface area contributed by atoms with Crippen LogP contribution in [0.5, 0.6) is 0 Å². The van der Waals surface area contributed by atoms with Gasteiger partial charge >= 0.3 is 7.82 Å². The monoisotopic (exact) mass is 1100 g/mol. The third kappa shape index (κ3) is 61.2. The first kappa shape index (κ1) is 74.7. The fourth-order valence-corrected chi connectivity index (χ4v) is 10.1. The van der Waals surface area contributed by atoms with Crippen LogP contribution in [-0.2, 0) is 18.4 Å². The lowest BCUT2D eigenvalue weighted by atomic mass is 10.0. The Morgan fingerprint density at radius 3 is 1.14 bits per heavy atom. The predicted molar refractivity (Wildman–Crippen MR) is 336 cm³/mol. The van der Waals surface area contributed by atoms with Crippen molar-refractivity contribution >= 4 is 13.7 Å². The van der Waals surface area contributed by atoms with E-state index in [0.717, 1.165) is 83.5 Å². The van der Waals surface area contributed by atoms with Gasteiger partial charge in [0.05, 0.1) is 39.9 Å². The van der Waals surface area contributed by atoms with Crippen molar-refractivity contribution in [2.45, 2.75) is 302 Å². The van der Waals surface area contributed by atoms with Crippen molar-refractivity contribution in [1.82, 2.24) is 5.32 Å². The highest BCUT2D eigenvalue weighted by molar-refractivity contribution is 7.47. The number of aliphatic hydroxyl groups is 1. The summed E-state index contributed by atoms with van der Waals surface area (Å²) in [5, 5.41) is 14.1. The normalized spacial score (nSPS) is 14.3. The Morgan fingerprint density at radius 1 is 0.455 bits per heavy atom. The van der Waals surface area contributed by atoms with E-state index in [4.69, 9.17) is 9.05 Å². The van der Waals surface area contributed by atoms with E-state index >= 15 is 0 Å². The van der Waals surface area contributed by atoms with Crippen LogP contribution in [0.1, 0.15) is 290 Å². The van der Waals surface area contributed by atoms with E-state index in [9.17, 15) is 19.4 Å². The van der Waals surface area contributed by atoms with Gasteiger partial charge in [0.1, 0.15) is 13.2 Å². The molecular formula is C68H126N2O6P+. The molecule has 0 saturated heterocycles. The van der Waals surface area contributed by atoms with Gasteiger partial charge in [0.2, 0.25) is 5.91 Å². The number of rotatable bonds is 59. The smallest absolute Gasteiger partial charge is 0.391 e. The molecule has 0 aliphatic carbocycles. The number of phosphoric ester groups is 1. The molecule has 3 N–H and O–H groups in total. The number of aliphatic hydroxyl groups excluding tert-OH is 1. The Hall–Kier alpha value is -2.32. The second-order valence-electron chi connectivity index (χ2n) is 23.1. The summed E-state index contributed by atoms with van der Waals surface area (Å²) in [5.74, 6) is -0.142. The van der Waals surface area contributed by atoms with E-state index in [2.05, 4.69) is 104 Å². The summed E-state index contributed by atoms with van der Waals surface area (Å²) >= 11 is 0. The van der Waals surface area contributed by atoms with E-state index in [0.29, 0.717) is 23.9 Å². The molecule has 3 unspecified atom stereocenters. The zero-order valence-electron chi connectivity index (χ0n) is 51.2. The van der Waals surface area contributed by atoms with Crippen molar-refractivity contribution in [3.8, 4) is 0 Å². The van der Waals surface area contributed by atoms with Crippen molar-refractivity contribution in [2.75, 3.05) is 40.9 Å². The Morgan fingerprint density at radius 2 is 0.779 bits per heavy atom. The number of likely N-dealkylation sites (N-methyl/N-ethyl adjacent to an activating group) is 1. The average Bonchev–Trinajstić information content (AvgIpc) is 3.39. The summed E-state index contributed by atoms with van der Waals surface area (Å²) in [7, 11) is 1.62. The average molecular weight is 1100 g/mol. The number of quaternary nitrogens is 1. The number of nitrogens with one attached hydrogen (secondary N) is 1. The van der Waals surface area contributed by atoms with Crippen LogP contribution >= 0.6 is 7.82 Å². The molecule has 0 aliphatic rings. The summed E-state index contributed by atoms with van der Waals surface area (Å²) < 4.78 is 23.8. The molecule has 1 amide bonds. The standard InChI is InChI=1S/C68H125N2O6P/c1-6-8-10-12-14-16-18-20-22-23-24-25-26-27-28-29-30-31-32-33-34-35-36-37-38-39-40-41-42-43-44-45-46-47-48-50-52-54-56-58-60-62-68(72)69-66(65-76-77(73,74)75-64-63-70(3,4)5)67(71)61-59-57-55-53-51-49-21-19-17-15-13-11-9-7-2/h8,10,14,16,20,22,24-25,27-28,30-31,33-34,66-67,71H,6-7,9,11-13,15,17-19,21,23,26,29,32,35-65H2,1-5H3,(H-,69,72,73,74)/p+1/b10-8-,16-14-,22-20-,25-24-,28-27-,31-30-,34-33-. The molecule has 0 radical (unpaired) electrons. The molecule has 0 spiro atoms. The van der Waals surface area contributed by atoms with Crippen molar-refractivity contribution in [1.29, 1.82) is 0 Å². The third-order valence-electron chi connectivity index (χ3n) is 14.4. The molecule has 0 aromatic carbocycles. The molecule has 0 fully saturated rings. The van der Waals surface area contributed by atoms with Crippen molar-refractivity contribution in [3.05, 3.63) is 85.1 Å². The molecule has 0 aromatic heterocycles. The SMILES string of the molecule is CC/C=C\C/C=C\C/C=C\C/C=C\C/C=C\C/C=C\C/C=C\CCCCCCCCCCCCCCCCCCCCCC(=O)NC(COP(=O)(O)OCC[N+](C)(C)C)C(O)CCCCCCCCCCCCCCCC. The van der Waals surface area contributed by atoms with Crippen molar-refractivity contribution in [2.24, 2.45) is 0 Å². The molecule has 0 aromatic rings. The molecule has 9 heteroatoms. The zero-order chi connectivity index (χ0) is 56.3. The topological polar surface area (TPSA) is 105 Å². The second-order valence-corrected chi connectivity index (χ2v) is 24.6. The number of phosphoric acid groups is 1. The maximum atomic E-state index is 13.0. The Bertz CT molecular complexity index is 1530. The van der Waals surface area contributed by atoms with Crippen LogP contribution in [0.3, 0.4) is 0 Å². The molecule has 0 heterocycles. The molecule has 3 atom stereocenters. The van der Waals surface area contributed by atoms with Gasteiger partial charge in [0.25, 0.3) is 0 Å². The van der Waals surface area contributed by atoms with E-state index in [1.54, 1.807) is 0 Å². The second kappa shape index (κ2) is 58.3. The summed E-state index contributed by atoms with van der Waals surface area (Å²) in [6.07, 6.45) is 82.4. The molecule has 0 saturated carbocycles. The van der Waals surface area contributed by atoms with E-state index < -0.39 is 20.0 Å². The van der Waals surface area contributed by atoms with Gasteiger partial charge in [-0.1, -0.05) is 298 Å². The zero-order valence-corrected chi connectivity index (χ0v) is 52.1. The lowest BCUT2D eigenvalue weighted by Gasteiger charge is -2.26. The minimum Gasteiger partial charge on any atom is -0.391 e. The van der Waals surface area contributed by atoms with Gasteiger partial charge in [0, 0.05) is 6.42 Å². The molecule has 0 aliphatic heterocycles. The van der Waals surface area contributed by atoms with Crippen LogP contribution in [0.2, 0.25) is 0 Å². The Balaban J connectivity index is 3.91. The Kier molecular flexibility index (Phi) is 56.6. The molecule has 8 nitrogen and oxygen atoms in total. The minimum atomic E-state index is -4.32. The summed E-state index contributed by atoms with van der Waals surface area (Å²) in [6, 6.07) is -0.762. The fraction of sp³-hybridized carbons (Fsp3) is 0.779. The summed E-state index contributed by atoms with van der Waals surface area (Å²) in [4.78, 5) is 23.3. The van der Waals surface area contributed by atoms with Crippen molar-refractivity contribution < 1.29 is 32.9 Å². The number of carbonyl (C=O) groups is 1. The highest BCUT2D eigenvalue weighted by atomic mass is 31.2. The van der Waals surface area contributed by atoms with E-state index in [-0.39, 0.29) is 19.1 Å². The highest BCUT2D eigenvalue weighted by Gasteiger charge is 2.28. The number of hydrogen-bond donors (Lipinski definition) is 3. The van der Waals surface area contributed by atoms with Crippen LogP contribution in [0.4, 0.5) is 0 Å². The molecule has 77 heavy (non-hydrogen) atoms. The van der Waals surface area contributed by atoms with Gasteiger partial charge in [-0.25, -0.2) is 4.57 Å². The van der Waals surface area contributed by atoms with Crippen LogP contribution < -0.4 is 5.32 Å². The lowest BCUT2D eigenvalue weighted by molar-refractivity contribution is -0.870. The summed E-state index contributed by atoms with van der Waals surface area (Å²) in [6.45, 7) is 4.79. The van der Waals surface area contributed by atoms with E-state index in [1.807, 2.05) is 21.1 Å². The molecule has 0 rings (SSSR count). The molecular weight excluding hydrogens is 972 g/mol. The van der Waals surface area contributed by atoms with Crippen LogP contribution in [0, 0.1) is 0 Å². The number of nitrogens with zero attached hydrogens (tertiary/aromatic N) is 1. The maximum absolute atomic E-state index is 13.0. The molecule has 448 valence electrons. The number of carbonyl (C=O) groups excluding carboxylic acids is 1. The number of allylic oxidation sites excluding steroid dienone is 14. The number of unbranched alkanes of at least 4 members (excludes halogenated alkanes) is 32. The van der Waals surface area contributed by atoms with Gasteiger partial charge in [-0.2, -0.15) is 0 Å². The van der Waals surface area contributed by atoms with E-state index in [1.165, 1.54) is 180 Å². The van der Waals surface area contributed by atoms with Gasteiger partial charge in [-0.05, 0) is 70.6 Å². The first-order valence-electron chi connectivity index (χ1n) is 32.5. The first-order valence-corrected chi connectivity index (χ1v) is 33.9. The predicted octanol–water partition coefficient (Wildman–Crippen LogP) is 20.4. The number of amides is 1. The van der Waals surface area contributed by atoms with Gasteiger partial charge in [-0.3, -0.25) is 13.8 Å². The van der Waals surface area contributed by atoms with Crippen LogP contribution in [0.25, 0.3) is 0 Å².